The number of halogens is 1. The molecule has 5 nitrogen and oxygen atoms in total. The first-order chi connectivity index (χ1) is 8.70. The van der Waals surface area contributed by atoms with E-state index in [0.29, 0.717) is 17.7 Å². The third-order valence-electron chi connectivity index (χ3n) is 1.81. The van der Waals surface area contributed by atoms with E-state index in [1.807, 2.05) is 17.5 Å². The summed E-state index contributed by atoms with van der Waals surface area (Å²) in [5.74, 6) is -0.637. The monoisotopic (exact) mass is 288 g/mol. The summed E-state index contributed by atoms with van der Waals surface area (Å²) in [6.07, 6.45) is 0. The average molecular weight is 288 g/mol. The predicted octanol–water partition coefficient (Wildman–Crippen LogP) is 2.75. The van der Waals surface area contributed by atoms with Crippen molar-refractivity contribution in [3.05, 3.63) is 17.5 Å². The molecule has 1 unspecified atom stereocenters. The van der Waals surface area contributed by atoms with E-state index in [2.05, 4.69) is 14.9 Å². The van der Waals surface area contributed by atoms with Gasteiger partial charge < -0.3 is 9.15 Å². The molecule has 2 aromatic heterocycles. The highest BCUT2D eigenvalue weighted by molar-refractivity contribution is 8.00. The summed E-state index contributed by atoms with van der Waals surface area (Å²) < 4.78 is 23.1. The van der Waals surface area contributed by atoms with Crippen LogP contribution >= 0.6 is 23.1 Å². The fourth-order valence-corrected chi connectivity index (χ4v) is 2.30. The van der Waals surface area contributed by atoms with Crippen LogP contribution in [0.25, 0.3) is 10.8 Å². The minimum atomic E-state index is -1.86. The number of alkyl halides is 1. The highest BCUT2D eigenvalue weighted by Crippen LogP contribution is 2.29. The van der Waals surface area contributed by atoms with Crippen molar-refractivity contribution in [1.82, 2.24) is 10.2 Å². The molecule has 0 aliphatic carbocycles. The fraction of sp³-hybridized carbons (Fsp3) is 0.300. The van der Waals surface area contributed by atoms with Crippen molar-refractivity contribution in [2.75, 3.05) is 6.61 Å². The van der Waals surface area contributed by atoms with E-state index in [1.165, 1.54) is 11.3 Å². The molecule has 0 N–H and O–H groups in total. The zero-order valence-corrected chi connectivity index (χ0v) is 11.0. The van der Waals surface area contributed by atoms with Crippen LogP contribution in [0.15, 0.2) is 27.2 Å². The Morgan fingerprint density at radius 1 is 1.67 bits per heavy atom. The lowest BCUT2D eigenvalue weighted by Crippen LogP contribution is -2.15. The van der Waals surface area contributed by atoms with Gasteiger partial charge in [0.15, 0.2) is 0 Å². The number of thiophene rings is 1. The fourth-order valence-electron chi connectivity index (χ4n) is 1.10. The van der Waals surface area contributed by atoms with Crippen LogP contribution in [0.4, 0.5) is 4.39 Å². The number of aromatic nitrogens is 2. The number of esters is 1. The van der Waals surface area contributed by atoms with E-state index in [1.54, 1.807) is 6.92 Å². The first-order valence-electron chi connectivity index (χ1n) is 5.05. The van der Waals surface area contributed by atoms with E-state index in [-0.39, 0.29) is 11.8 Å². The molecule has 0 spiro atoms. The van der Waals surface area contributed by atoms with Gasteiger partial charge in [-0.3, -0.25) is 0 Å². The van der Waals surface area contributed by atoms with E-state index in [0.717, 1.165) is 4.88 Å². The van der Waals surface area contributed by atoms with E-state index in [4.69, 9.17) is 4.42 Å². The van der Waals surface area contributed by atoms with Crippen molar-refractivity contribution >= 4 is 29.1 Å². The largest absolute Gasteiger partial charge is 0.463 e. The number of carbonyl (C=O) groups is 1. The van der Waals surface area contributed by atoms with Crippen molar-refractivity contribution in [1.29, 1.82) is 0 Å². The summed E-state index contributed by atoms with van der Waals surface area (Å²) in [6.45, 7) is 1.74. The van der Waals surface area contributed by atoms with Crippen LogP contribution in [0.1, 0.15) is 6.92 Å². The minimum absolute atomic E-state index is 0.000969. The first-order valence-corrected chi connectivity index (χ1v) is 6.81. The van der Waals surface area contributed by atoms with Crippen LogP contribution in [-0.2, 0) is 9.53 Å². The lowest BCUT2D eigenvalue weighted by atomic mass is 10.5. The topological polar surface area (TPSA) is 65.2 Å². The summed E-state index contributed by atoms with van der Waals surface area (Å²) in [6, 6.07) is 3.65. The number of hydrogen-bond acceptors (Lipinski definition) is 7. The molecule has 2 rings (SSSR count). The van der Waals surface area contributed by atoms with Gasteiger partial charge >= 0.3 is 5.97 Å². The Kier molecular flexibility index (Phi) is 4.32. The summed E-state index contributed by atoms with van der Waals surface area (Å²) in [5.41, 5.74) is -1.86. The molecule has 0 saturated heterocycles. The second kappa shape index (κ2) is 5.96. The SMILES string of the molecule is CCOC(=O)C(F)Sc1nnc(-c2cccs2)o1. The maximum Gasteiger partial charge on any atom is 0.351 e. The molecule has 0 radical (unpaired) electrons. The van der Waals surface area contributed by atoms with Gasteiger partial charge in [-0.15, -0.1) is 21.5 Å². The molecule has 0 saturated carbocycles. The smallest absolute Gasteiger partial charge is 0.351 e. The van der Waals surface area contributed by atoms with Gasteiger partial charge in [-0.2, -0.15) is 0 Å². The van der Waals surface area contributed by atoms with Gasteiger partial charge in [0, 0.05) is 0 Å². The number of rotatable bonds is 5. The van der Waals surface area contributed by atoms with Crippen LogP contribution in [0.3, 0.4) is 0 Å². The predicted molar refractivity (Wildman–Crippen MR) is 65.0 cm³/mol. The normalized spacial score (nSPS) is 12.3. The van der Waals surface area contributed by atoms with E-state index >= 15 is 0 Å². The third kappa shape index (κ3) is 3.08. The summed E-state index contributed by atoms with van der Waals surface area (Å²) in [5, 5.41) is 9.29. The summed E-state index contributed by atoms with van der Waals surface area (Å²) in [7, 11) is 0. The highest BCUT2D eigenvalue weighted by Gasteiger charge is 2.23. The maximum atomic E-state index is 13.4. The molecule has 1 atom stereocenters. The second-order valence-electron chi connectivity index (χ2n) is 3.04. The molecule has 0 amide bonds. The average Bonchev–Trinajstić information content (AvgIpc) is 2.98. The number of ether oxygens (including phenoxy) is 1. The van der Waals surface area contributed by atoms with Crippen LogP contribution in [-0.4, -0.2) is 28.3 Å². The van der Waals surface area contributed by atoms with Crippen LogP contribution < -0.4 is 0 Å². The van der Waals surface area contributed by atoms with Gasteiger partial charge in [-0.1, -0.05) is 6.07 Å². The van der Waals surface area contributed by atoms with Gasteiger partial charge in [0.1, 0.15) is 0 Å². The molecule has 0 aliphatic heterocycles. The van der Waals surface area contributed by atoms with Crippen molar-refractivity contribution in [3.8, 4) is 10.8 Å². The molecule has 0 aromatic carbocycles. The number of hydrogen-bond donors (Lipinski definition) is 0. The molecular formula is C10H9FN2O3S2. The molecule has 96 valence electrons. The van der Waals surface area contributed by atoms with Gasteiger partial charge in [0.2, 0.25) is 0 Å². The van der Waals surface area contributed by atoms with Crippen LogP contribution in [0.2, 0.25) is 0 Å². The van der Waals surface area contributed by atoms with Gasteiger partial charge in [0.25, 0.3) is 16.6 Å². The second-order valence-corrected chi connectivity index (χ2v) is 4.98. The zero-order valence-electron chi connectivity index (χ0n) is 9.33. The first kappa shape index (κ1) is 13.0. The van der Waals surface area contributed by atoms with Crippen molar-refractivity contribution in [3.63, 3.8) is 0 Å². The number of thioether (sulfide) groups is 1. The molecule has 8 heteroatoms. The van der Waals surface area contributed by atoms with E-state index < -0.39 is 11.5 Å². The Labute approximate surface area is 110 Å². The molecule has 2 aromatic rings. The van der Waals surface area contributed by atoms with Gasteiger partial charge in [0.05, 0.1) is 11.5 Å². The zero-order chi connectivity index (χ0) is 13.0. The lowest BCUT2D eigenvalue weighted by molar-refractivity contribution is -0.145. The quantitative estimate of drug-likeness (QED) is 0.622. The standard InChI is InChI=1S/C10H9FN2O3S2/c1-2-15-9(14)7(11)18-10-13-12-8(16-10)6-4-3-5-17-6/h3-5,7H,2H2,1H3. The Hall–Kier alpha value is -1.41. The van der Waals surface area contributed by atoms with Gasteiger partial charge in [-0.25, -0.2) is 9.18 Å². The molecule has 0 bridgehead atoms. The van der Waals surface area contributed by atoms with Crippen LogP contribution in [0, 0.1) is 0 Å². The third-order valence-corrected chi connectivity index (χ3v) is 3.44. The van der Waals surface area contributed by atoms with E-state index in [9.17, 15) is 9.18 Å². The molecule has 0 fully saturated rings. The Bertz CT molecular complexity index is 515. The Morgan fingerprint density at radius 2 is 2.50 bits per heavy atom. The number of nitrogens with zero attached hydrogens (tertiary/aromatic N) is 2. The molecule has 2 heterocycles. The highest BCUT2D eigenvalue weighted by atomic mass is 32.2. The van der Waals surface area contributed by atoms with Crippen LogP contribution in [0.5, 0.6) is 0 Å². The van der Waals surface area contributed by atoms with Gasteiger partial charge in [-0.05, 0) is 30.1 Å². The number of carbonyl (C=O) groups excluding carboxylic acids is 1. The maximum absolute atomic E-state index is 13.4. The summed E-state index contributed by atoms with van der Waals surface area (Å²) in [4.78, 5) is 11.9. The molecule has 0 aliphatic rings. The van der Waals surface area contributed by atoms with Crippen molar-refractivity contribution in [2.24, 2.45) is 0 Å². The van der Waals surface area contributed by atoms with Crippen molar-refractivity contribution < 1.29 is 18.3 Å². The summed E-state index contributed by atoms with van der Waals surface area (Å²) >= 11 is 1.96. The molecular weight excluding hydrogens is 279 g/mol. The minimum Gasteiger partial charge on any atom is -0.463 e. The Balaban J connectivity index is 2.01. The molecule has 18 heavy (non-hydrogen) atoms. The van der Waals surface area contributed by atoms with Crippen molar-refractivity contribution in [2.45, 2.75) is 17.7 Å². The lowest BCUT2D eigenvalue weighted by Gasteiger charge is -2.03. The Morgan fingerprint density at radius 3 is 3.17 bits per heavy atom.